The highest BCUT2D eigenvalue weighted by Crippen LogP contribution is 2.37. The summed E-state index contributed by atoms with van der Waals surface area (Å²) >= 11 is 5.16. The Bertz CT molecular complexity index is 601. The third kappa shape index (κ3) is 2.83. The van der Waals surface area contributed by atoms with E-state index in [0.717, 1.165) is 16.6 Å². The van der Waals surface area contributed by atoms with Gasteiger partial charge in [-0.2, -0.15) is 0 Å². The molecule has 1 unspecified atom stereocenters. The van der Waals surface area contributed by atoms with Crippen LogP contribution in [0.15, 0.2) is 34.2 Å². The monoisotopic (exact) mass is 352 g/mol. The first-order valence-electron chi connectivity index (χ1n) is 6.90. The van der Waals surface area contributed by atoms with Crippen LogP contribution in [0, 0.1) is 0 Å². The van der Waals surface area contributed by atoms with Gasteiger partial charge in [-0.3, -0.25) is 4.79 Å². The largest absolute Gasteiger partial charge is 0.343 e. The highest BCUT2D eigenvalue weighted by Gasteiger charge is 2.28. The van der Waals surface area contributed by atoms with E-state index < -0.39 is 0 Å². The van der Waals surface area contributed by atoms with Gasteiger partial charge in [-0.05, 0) is 52.7 Å². The van der Waals surface area contributed by atoms with Gasteiger partial charge in [-0.15, -0.1) is 11.3 Å². The molecule has 1 N–H and O–H groups in total. The van der Waals surface area contributed by atoms with Crippen LogP contribution in [0.25, 0.3) is 0 Å². The van der Waals surface area contributed by atoms with E-state index in [1.165, 1.54) is 17.7 Å². The van der Waals surface area contributed by atoms with Crippen molar-refractivity contribution in [3.63, 3.8) is 0 Å². The molecule has 1 fully saturated rings. The molecular formula is C15H17BrN2OS. The van der Waals surface area contributed by atoms with Crippen LogP contribution in [0.1, 0.15) is 53.6 Å². The molecule has 0 spiro atoms. The zero-order valence-corrected chi connectivity index (χ0v) is 13.7. The fourth-order valence-electron chi connectivity index (χ4n) is 2.38. The molecule has 3 nitrogen and oxygen atoms in total. The van der Waals surface area contributed by atoms with E-state index in [-0.39, 0.29) is 11.9 Å². The predicted molar refractivity (Wildman–Crippen MR) is 85.2 cm³/mol. The van der Waals surface area contributed by atoms with Gasteiger partial charge in [-0.25, -0.2) is 0 Å². The molecule has 1 aliphatic rings. The van der Waals surface area contributed by atoms with Crippen molar-refractivity contribution in [2.24, 2.45) is 0 Å². The van der Waals surface area contributed by atoms with Crippen molar-refractivity contribution in [1.29, 1.82) is 0 Å². The van der Waals surface area contributed by atoms with Gasteiger partial charge in [-0.1, -0.05) is 13.0 Å². The Morgan fingerprint density at radius 3 is 3.00 bits per heavy atom. The Labute approximate surface area is 131 Å². The normalized spacial score (nSPS) is 16.1. The molecule has 106 valence electrons. The van der Waals surface area contributed by atoms with Crippen molar-refractivity contribution in [3.05, 3.63) is 44.8 Å². The molecule has 2 aromatic heterocycles. The highest BCUT2D eigenvalue weighted by molar-refractivity contribution is 9.10. The van der Waals surface area contributed by atoms with Gasteiger partial charge in [0.05, 0.1) is 6.04 Å². The summed E-state index contributed by atoms with van der Waals surface area (Å²) in [6.07, 6.45) is 5.25. The molecule has 2 aromatic rings. The topological polar surface area (TPSA) is 34.0 Å². The van der Waals surface area contributed by atoms with Crippen LogP contribution in [0.3, 0.4) is 0 Å². The maximum absolute atomic E-state index is 12.5. The Morgan fingerprint density at radius 2 is 2.40 bits per heavy atom. The number of amides is 1. The van der Waals surface area contributed by atoms with E-state index in [1.54, 1.807) is 11.3 Å². The third-order valence-corrected chi connectivity index (χ3v) is 5.01. The molecule has 3 rings (SSSR count). The van der Waals surface area contributed by atoms with E-state index in [9.17, 15) is 4.79 Å². The molecule has 1 saturated carbocycles. The number of halogens is 1. The van der Waals surface area contributed by atoms with Crippen LogP contribution < -0.4 is 5.32 Å². The van der Waals surface area contributed by atoms with Crippen LogP contribution in [0.5, 0.6) is 0 Å². The first-order valence-corrected chi connectivity index (χ1v) is 8.58. The lowest BCUT2D eigenvalue weighted by Crippen LogP contribution is -2.29. The second-order valence-electron chi connectivity index (χ2n) is 5.13. The minimum absolute atomic E-state index is 0.0165. The lowest BCUT2D eigenvalue weighted by atomic mass is 10.2. The van der Waals surface area contributed by atoms with Crippen molar-refractivity contribution < 1.29 is 4.79 Å². The number of nitrogens with one attached hydrogen (secondary N) is 1. The summed E-state index contributed by atoms with van der Waals surface area (Å²) in [6, 6.07) is 6.62. The number of aromatic nitrogens is 1. The zero-order valence-electron chi connectivity index (χ0n) is 11.3. The maximum atomic E-state index is 12.5. The van der Waals surface area contributed by atoms with Crippen LogP contribution >= 0.6 is 27.3 Å². The molecule has 5 heteroatoms. The van der Waals surface area contributed by atoms with Gasteiger partial charge >= 0.3 is 0 Å². The molecule has 0 bridgehead atoms. The first kappa shape index (κ1) is 13.9. The summed E-state index contributed by atoms with van der Waals surface area (Å²) in [5, 5.41) is 5.20. The summed E-state index contributed by atoms with van der Waals surface area (Å²) in [6.45, 7) is 2.10. The number of carbonyl (C=O) groups excluding carboxylic acids is 1. The lowest BCUT2D eigenvalue weighted by Gasteiger charge is -2.16. The molecule has 0 saturated heterocycles. The van der Waals surface area contributed by atoms with Gasteiger partial charge in [0.15, 0.2) is 0 Å². The number of nitrogens with zero attached hydrogens (tertiary/aromatic N) is 1. The molecule has 0 radical (unpaired) electrons. The molecule has 0 aliphatic heterocycles. The van der Waals surface area contributed by atoms with Gasteiger partial charge in [0, 0.05) is 21.6 Å². The SMILES string of the molecule is CCC(NC(=O)c1cc(Br)cn1C1CC1)c1cccs1. The lowest BCUT2D eigenvalue weighted by molar-refractivity contribution is 0.0926. The summed E-state index contributed by atoms with van der Waals surface area (Å²) in [5.41, 5.74) is 0.759. The minimum atomic E-state index is 0.0165. The van der Waals surface area contributed by atoms with Gasteiger partial charge in [0.2, 0.25) is 0 Å². The van der Waals surface area contributed by atoms with Gasteiger partial charge in [0.1, 0.15) is 5.69 Å². The predicted octanol–water partition coefficient (Wildman–Crippen LogP) is 4.53. The number of hydrogen-bond donors (Lipinski definition) is 1. The van der Waals surface area contributed by atoms with E-state index in [4.69, 9.17) is 0 Å². The van der Waals surface area contributed by atoms with E-state index in [1.807, 2.05) is 23.7 Å². The standard InChI is InChI=1S/C15H17BrN2OS/c1-2-12(14-4-3-7-20-14)17-15(19)13-8-10(16)9-18(13)11-5-6-11/h3-4,7-9,11-12H,2,5-6H2,1H3,(H,17,19). The van der Waals surface area contributed by atoms with Crippen molar-refractivity contribution in [1.82, 2.24) is 9.88 Å². The van der Waals surface area contributed by atoms with Crippen LogP contribution in [0.4, 0.5) is 0 Å². The summed E-state index contributed by atoms with van der Waals surface area (Å²) < 4.78 is 3.07. The first-order chi connectivity index (χ1) is 9.69. The minimum Gasteiger partial charge on any atom is -0.343 e. The van der Waals surface area contributed by atoms with E-state index in [0.29, 0.717) is 6.04 Å². The third-order valence-electron chi connectivity index (χ3n) is 3.59. The summed E-state index contributed by atoms with van der Waals surface area (Å²) in [5.74, 6) is 0.0165. The number of carbonyl (C=O) groups is 1. The number of thiophene rings is 1. The van der Waals surface area contributed by atoms with Crippen molar-refractivity contribution in [2.75, 3.05) is 0 Å². The van der Waals surface area contributed by atoms with Gasteiger partial charge in [0.25, 0.3) is 5.91 Å². The fourth-order valence-corrected chi connectivity index (χ4v) is 3.68. The van der Waals surface area contributed by atoms with Crippen molar-refractivity contribution >= 4 is 33.2 Å². The Kier molecular flexibility index (Phi) is 3.98. The van der Waals surface area contributed by atoms with Crippen molar-refractivity contribution in [3.8, 4) is 0 Å². The van der Waals surface area contributed by atoms with Crippen LogP contribution in [-0.4, -0.2) is 10.5 Å². The van der Waals surface area contributed by atoms with Crippen molar-refractivity contribution in [2.45, 2.75) is 38.3 Å². The fraction of sp³-hybridized carbons (Fsp3) is 0.400. The number of rotatable bonds is 5. The highest BCUT2D eigenvalue weighted by atomic mass is 79.9. The molecule has 20 heavy (non-hydrogen) atoms. The Hall–Kier alpha value is -1.07. The quantitative estimate of drug-likeness (QED) is 0.842. The number of hydrogen-bond acceptors (Lipinski definition) is 2. The van der Waals surface area contributed by atoms with Gasteiger partial charge < -0.3 is 9.88 Å². The van der Waals surface area contributed by atoms with Crippen LogP contribution in [-0.2, 0) is 0 Å². The second-order valence-corrected chi connectivity index (χ2v) is 7.03. The molecule has 1 aliphatic carbocycles. The molecule has 2 heterocycles. The van der Waals surface area contributed by atoms with Crippen LogP contribution in [0.2, 0.25) is 0 Å². The maximum Gasteiger partial charge on any atom is 0.268 e. The second kappa shape index (κ2) is 5.74. The summed E-state index contributed by atoms with van der Waals surface area (Å²) in [7, 11) is 0. The van der Waals surface area contributed by atoms with E-state index >= 15 is 0 Å². The zero-order chi connectivity index (χ0) is 14.1. The molecule has 1 amide bonds. The smallest absolute Gasteiger partial charge is 0.268 e. The average molecular weight is 353 g/mol. The Balaban J connectivity index is 1.78. The summed E-state index contributed by atoms with van der Waals surface area (Å²) in [4.78, 5) is 13.7. The molecular weight excluding hydrogens is 336 g/mol. The molecule has 0 aromatic carbocycles. The van der Waals surface area contributed by atoms with E-state index in [2.05, 4.69) is 38.8 Å². The molecule has 1 atom stereocenters. The average Bonchev–Trinajstić information content (AvgIpc) is 2.99. The Morgan fingerprint density at radius 1 is 1.60 bits per heavy atom.